The molecule has 5 N–H and O–H groups in total. The average molecular weight is 632 g/mol. The number of nitrogens with one attached hydrogen (secondary N) is 3. The van der Waals surface area contributed by atoms with Gasteiger partial charge in [0.15, 0.2) is 11.5 Å². The van der Waals surface area contributed by atoms with E-state index in [0.717, 1.165) is 50.6 Å². The number of nitrogens with two attached hydrogens (primary N) is 1. The van der Waals surface area contributed by atoms with Crippen molar-refractivity contribution in [1.82, 2.24) is 19.3 Å². The molecule has 4 aromatic rings. The Balaban J connectivity index is 1.24. The minimum absolute atomic E-state index is 0.144. The summed E-state index contributed by atoms with van der Waals surface area (Å²) >= 11 is 6.26. The smallest absolute Gasteiger partial charge is 0.256 e. The van der Waals surface area contributed by atoms with Gasteiger partial charge in [0, 0.05) is 56.9 Å². The number of fused-ring (bicyclic) bond motifs is 1. The molecule has 0 radical (unpaired) electrons. The number of hydrogen-bond acceptors (Lipinski definition) is 10. The fourth-order valence-corrected chi connectivity index (χ4v) is 5.65. The van der Waals surface area contributed by atoms with Crippen molar-refractivity contribution in [2.75, 3.05) is 67.4 Å². The number of hydrogen-bond donors (Lipinski definition) is 4. The maximum absolute atomic E-state index is 12.7. The number of amides is 2. The first-order valence-corrected chi connectivity index (χ1v) is 14.9. The van der Waals surface area contributed by atoms with Crippen LogP contribution in [0.4, 0.5) is 28.8 Å². The number of imidazole rings is 1. The summed E-state index contributed by atoms with van der Waals surface area (Å²) in [6.45, 7) is 9.11. The zero-order valence-electron chi connectivity index (χ0n) is 24.8. The van der Waals surface area contributed by atoms with Crippen LogP contribution in [-0.4, -0.2) is 83.6 Å². The second-order valence-electron chi connectivity index (χ2n) is 10.7. The van der Waals surface area contributed by atoms with Crippen LogP contribution in [0.3, 0.4) is 0 Å². The number of ether oxygens (including phenoxy) is 2. The van der Waals surface area contributed by atoms with E-state index in [1.54, 1.807) is 36.0 Å². The summed E-state index contributed by atoms with van der Waals surface area (Å²) in [7, 11) is 1.64. The van der Waals surface area contributed by atoms with E-state index in [1.165, 1.54) is 6.08 Å². The van der Waals surface area contributed by atoms with Gasteiger partial charge in [0.2, 0.25) is 11.9 Å². The van der Waals surface area contributed by atoms with Gasteiger partial charge >= 0.3 is 0 Å². The molecule has 2 aliphatic heterocycles. The van der Waals surface area contributed by atoms with E-state index in [9.17, 15) is 9.59 Å². The van der Waals surface area contributed by atoms with Gasteiger partial charge < -0.3 is 36.1 Å². The van der Waals surface area contributed by atoms with Crippen LogP contribution in [0.1, 0.15) is 15.9 Å². The number of piperazine rings is 1. The van der Waals surface area contributed by atoms with Gasteiger partial charge in [0.25, 0.3) is 5.91 Å². The normalized spacial score (nSPS) is 15.4. The molecule has 14 heteroatoms. The Morgan fingerprint density at radius 1 is 1.18 bits per heavy atom. The zero-order valence-corrected chi connectivity index (χ0v) is 25.5. The Hall–Kier alpha value is -4.85. The first-order valence-electron chi connectivity index (χ1n) is 14.5. The number of nitrogens with zero attached hydrogens (tertiary/aromatic N) is 5. The van der Waals surface area contributed by atoms with Crippen LogP contribution < -0.4 is 31.3 Å². The molecule has 0 saturated carbocycles. The predicted molar refractivity (Wildman–Crippen MR) is 174 cm³/mol. The first-order chi connectivity index (χ1) is 21.8. The number of rotatable bonds is 11. The second kappa shape index (κ2) is 13.0. The first kappa shape index (κ1) is 30.2. The van der Waals surface area contributed by atoms with Gasteiger partial charge in [0.05, 0.1) is 42.8 Å². The van der Waals surface area contributed by atoms with Gasteiger partial charge in [-0.15, -0.1) is 0 Å². The minimum Gasteiger partial charge on any atom is -0.495 e. The van der Waals surface area contributed by atoms with E-state index in [4.69, 9.17) is 31.8 Å². The summed E-state index contributed by atoms with van der Waals surface area (Å²) in [5.41, 5.74) is 9.25. The molecule has 2 amide bonds. The third kappa shape index (κ3) is 6.36. The van der Waals surface area contributed by atoms with Crippen molar-refractivity contribution in [3.05, 3.63) is 77.6 Å². The number of benzene rings is 2. The molecule has 0 aliphatic carbocycles. The molecule has 2 saturated heterocycles. The number of carbonyl (C=O) groups excluding carboxylic acids is 2. The van der Waals surface area contributed by atoms with Crippen LogP contribution in [0.15, 0.2) is 61.4 Å². The van der Waals surface area contributed by atoms with Gasteiger partial charge in [-0.25, -0.2) is 4.98 Å². The van der Waals surface area contributed by atoms with Crippen LogP contribution in [0.5, 0.6) is 5.75 Å². The topological polar surface area (TPSA) is 151 Å². The molecule has 2 fully saturated rings. The molecule has 6 rings (SSSR count). The molecule has 2 aliphatic rings. The Labute approximate surface area is 265 Å². The molecular formula is C31H34ClN9O4. The van der Waals surface area contributed by atoms with Crippen LogP contribution in [0, 0.1) is 0 Å². The van der Waals surface area contributed by atoms with Gasteiger partial charge in [0.1, 0.15) is 11.3 Å². The van der Waals surface area contributed by atoms with E-state index in [0.29, 0.717) is 46.3 Å². The molecule has 4 heterocycles. The van der Waals surface area contributed by atoms with Crippen LogP contribution in [0.2, 0.25) is 5.02 Å². The third-order valence-electron chi connectivity index (χ3n) is 7.95. The quantitative estimate of drug-likeness (QED) is 0.181. The predicted octanol–water partition coefficient (Wildman–Crippen LogP) is 3.49. The number of carbonyl (C=O) groups is 2. The van der Waals surface area contributed by atoms with Crippen molar-refractivity contribution in [2.45, 2.75) is 12.6 Å². The Kier molecular flexibility index (Phi) is 8.74. The highest BCUT2D eigenvalue weighted by Gasteiger charge is 2.29. The van der Waals surface area contributed by atoms with Gasteiger partial charge in [-0.3, -0.25) is 18.9 Å². The van der Waals surface area contributed by atoms with E-state index in [2.05, 4.69) is 37.3 Å². The highest BCUT2D eigenvalue weighted by atomic mass is 35.5. The van der Waals surface area contributed by atoms with Crippen molar-refractivity contribution in [2.24, 2.45) is 5.73 Å². The lowest BCUT2D eigenvalue weighted by Gasteiger charge is -2.43. The highest BCUT2D eigenvalue weighted by Crippen LogP contribution is 2.34. The maximum Gasteiger partial charge on any atom is 0.256 e. The van der Waals surface area contributed by atoms with E-state index >= 15 is 0 Å². The van der Waals surface area contributed by atoms with Crippen LogP contribution in [0.25, 0.3) is 5.65 Å². The minimum atomic E-state index is -0.675. The standard InChI is InChI=1S/C31H34ClN9O4/c1-3-26(42)37-23-14-19(4-6-22(23)32)16-35-31-38-29(27(28(33)43)30-34-8-9-41(30)31)36-20-5-7-24(25(15-20)44-2)40-12-10-39(11-13-40)21-17-45-18-21/h3-9,14-15,21,36H,1,10-13,16-18H2,2H3,(H2,33,43)(H,35,38)(H,37,42). The lowest BCUT2D eigenvalue weighted by atomic mass is 10.1. The third-order valence-corrected chi connectivity index (χ3v) is 8.28. The molecule has 0 unspecified atom stereocenters. The number of methoxy groups -OCH3 is 1. The van der Waals surface area contributed by atoms with Gasteiger partial charge in [-0.05, 0) is 35.9 Å². The molecule has 2 aromatic heterocycles. The summed E-state index contributed by atoms with van der Waals surface area (Å²) in [5.74, 6) is 0.313. The Morgan fingerprint density at radius 3 is 2.67 bits per heavy atom. The maximum atomic E-state index is 12.7. The molecular weight excluding hydrogens is 598 g/mol. The molecule has 234 valence electrons. The summed E-state index contributed by atoms with van der Waals surface area (Å²) in [5, 5.41) is 9.65. The van der Waals surface area contributed by atoms with Crippen molar-refractivity contribution in [3.8, 4) is 5.75 Å². The summed E-state index contributed by atoms with van der Waals surface area (Å²) in [6.07, 6.45) is 4.43. The van der Waals surface area contributed by atoms with Crippen molar-refractivity contribution >= 4 is 57.9 Å². The summed E-state index contributed by atoms with van der Waals surface area (Å²) < 4.78 is 12.8. The average Bonchev–Trinajstić information content (AvgIpc) is 3.50. The molecule has 2 aromatic carbocycles. The fourth-order valence-electron chi connectivity index (χ4n) is 5.48. The van der Waals surface area contributed by atoms with E-state index < -0.39 is 5.91 Å². The lowest BCUT2D eigenvalue weighted by molar-refractivity contribution is -0.111. The molecule has 45 heavy (non-hydrogen) atoms. The summed E-state index contributed by atoms with van der Waals surface area (Å²) in [6, 6.07) is 11.6. The van der Waals surface area contributed by atoms with Crippen molar-refractivity contribution in [3.63, 3.8) is 0 Å². The van der Waals surface area contributed by atoms with Crippen molar-refractivity contribution < 1.29 is 19.1 Å². The molecule has 0 bridgehead atoms. The SMILES string of the molecule is C=CC(=O)Nc1cc(CNc2nc(Nc3ccc(N4CCN(C5COC5)CC4)c(OC)c3)c(C(N)=O)c3nccn23)ccc1Cl. The molecule has 0 spiro atoms. The number of aromatic nitrogens is 3. The van der Waals surface area contributed by atoms with E-state index in [1.807, 2.05) is 24.3 Å². The largest absolute Gasteiger partial charge is 0.495 e. The van der Waals surface area contributed by atoms with Crippen LogP contribution in [-0.2, 0) is 16.1 Å². The summed E-state index contributed by atoms with van der Waals surface area (Å²) in [4.78, 5) is 38.4. The van der Waals surface area contributed by atoms with Crippen molar-refractivity contribution in [1.29, 1.82) is 0 Å². The monoisotopic (exact) mass is 631 g/mol. The van der Waals surface area contributed by atoms with Crippen LogP contribution >= 0.6 is 11.6 Å². The fraction of sp³-hybridized carbons (Fsp3) is 0.290. The van der Waals surface area contributed by atoms with Gasteiger partial charge in [-0.1, -0.05) is 24.2 Å². The molecule has 13 nitrogen and oxygen atoms in total. The van der Waals surface area contributed by atoms with E-state index in [-0.39, 0.29) is 17.3 Å². The number of primary amides is 1. The second-order valence-corrected chi connectivity index (χ2v) is 11.1. The number of halogens is 1. The van der Waals surface area contributed by atoms with Gasteiger partial charge in [-0.2, -0.15) is 4.98 Å². The lowest BCUT2D eigenvalue weighted by Crippen LogP contribution is -2.56. The zero-order chi connectivity index (χ0) is 31.5. The molecule has 0 atom stereocenters. The highest BCUT2D eigenvalue weighted by molar-refractivity contribution is 6.33. The number of anilines is 5. The Morgan fingerprint density at radius 2 is 1.98 bits per heavy atom. The Bertz CT molecular complexity index is 1750.